The first-order valence-corrected chi connectivity index (χ1v) is 7.38. The molecule has 10 nitrogen and oxygen atoms in total. The molecule has 2 rings (SSSR count). The smallest absolute Gasteiger partial charge is 0.267 e. The average Bonchev–Trinajstić information content (AvgIpc) is 2.59. The molecule has 0 radical (unpaired) electrons. The lowest BCUT2D eigenvalue weighted by molar-refractivity contribution is -0.394. The molecule has 2 aromatic rings. The van der Waals surface area contributed by atoms with E-state index in [2.05, 4.69) is 10.9 Å². The molecule has 0 fully saturated rings. The summed E-state index contributed by atoms with van der Waals surface area (Å²) >= 11 is 5.86. The van der Waals surface area contributed by atoms with Gasteiger partial charge >= 0.3 is 0 Å². The van der Waals surface area contributed by atoms with Gasteiger partial charge in [-0.05, 0) is 19.1 Å². The van der Waals surface area contributed by atoms with E-state index in [4.69, 9.17) is 11.6 Å². The molecule has 0 spiro atoms. The molecule has 26 heavy (non-hydrogen) atoms. The molecule has 2 N–H and O–H groups in total. The van der Waals surface area contributed by atoms with Gasteiger partial charge in [0, 0.05) is 11.6 Å². The summed E-state index contributed by atoms with van der Waals surface area (Å²) in [4.78, 5) is 44.5. The van der Waals surface area contributed by atoms with Gasteiger partial charge in [-0.15, -0.1) is 0 Å². The second-order valence-electron chi connectivity index (χ2n) is 5.04. The predicted molar refractivity (Wildman–Crippen MR) is 90.9 cm³/mol. The lowest BCUT2D eigenvalue weighted by Crippen LogP contribution is -2.42. The first-order chi connectivity index (χ1) is 12.2. The molecule has 0 saturated carbocycles. The van der Waals surface area contributed by atoms with Crippen LogP contribution in [-0.4, -0.2) is 21.7 Å². The van der Waals surface area contributed by atoms with Crippen LogP contribution in [0.25, 0.3) is 0 Å². The van der Waals surface area contributed by atoms with Gasteiger partial charge < -0.3 is 0 Å². The van der Waals surface area contributed by atoms with Crippen LogP contribution in [0.2, 0.25) is 5.02 Å². The molecule has 0 aromatic heterocycles. The number of nitrogens with zero attached hydrogens (tertiary/aromatic N) is 2. The Morgan fingerprint density at radius 1 is 0.962 bits per heavy atom. The highest BCUT2D eigenvalue weighted by Gasteiger charge is 2.25. The van der Waals surface area contributed by atoms with Crippen LogP contribution in [0.15, 0.2) is 36.4 Å². The molecule has 134 valence electrons. The molecule has 0 saturated heterocycles. The number of amides is 2. The Hall–Kier alpha value is -3.53. The Labute approximate surface area is 151 Å². The van der Waals surface area contributed by atoms with Gasteiger partial charge in [-0.25, -0.2) is 0 Å². The number of halogens is 1. The summed E-state index contributed by atoms with van der Waals surface area (Å²) in [6.07, 6.45) is 0. The number of hydrazine groups is 1. The zero-order valence-electron chi connectivity index (χ0n) is 13.2. The van der Waals surface area contributed by atoms with Gasteiger partial charge in [0.2, 0.25) is 0 Å². The van der Waals surface area contributed by atoms with Crippen molar-refractivity contribution in [2.75, 3.05) is 0 Å². The molecule has 0 atom stereocenters. The number of carbonyl (C=O) groups excluding carboxylic acids is 2. The van der Waals surface area contributed by atoms with Crippen molar-refractivity contribution in [3.8, 4) is 0 Å². The summed E-state index contributed by atoms with van der Waals surface area (Å²) in [5, 5.41) is 22.1. The van der Waals surface area contributed by atoms with Gasteiger partial charge in [-0.1, -0.05) is 23.7 Å². The normalized spacial score (nSPS) is 10.1. The topological polar surface area (TPSA) is 144 Å². The minimum absolute atomic E-state index is 0.0786. The molecule has 0 unspecified atom stereocenters. The second-order valence-corrected chi connectivity index (χ2v) is 5.45. The zero-order chi connectivity index (χ0) is 19.4. The molecule has 2 amide bonds. The van der Waals surface area contributed by atoms with Crippen molar-refractivity contribution in [2.24, 2.45) is 0 Å². The molecule has 0 aliphatic heterocycles. The molecule has 0 aliphatic carbocycles. The minimum atomic E-state index is -0.949. The van der Waals surface area contributed by atoms with Crippen LogP contribution in [0, 0.1) is 27.2 Å². The van der Waals surface area contributed by atoms with Gasteiger partial charge in [0.15, 0.2) is 0 Å². The van der Waals surface area contributed by atoms with Crippen molar-refractivity contribution in [3.63, 3.8) is 0 Å². The number of carbonyl (C=O) groups is 2. The van der Waals surface area contributed by atoms with E-state index in [9.17, 15) is 29.8 Å². The van der Waals surface area contributed by atoms with E-state index >= 15 is 0 Å². The third-order valence-corrected chi connectivity index (χ3v) is 3.75. The van der Waals surface area contributed by atoms with Crippen molar-refractivity contribution in [3.05, 3.63) is 78.3 Å². The number of hydrogen-bond donors (Lipinski definition) is 2. The number of nitro benzene ring substituents is 2. The number of nitrogens with one attached hydrogen (secondary N) is 2. The van der Waals surface area contributed by atoms with E-state index in [0.717, 1.165) is 12.1 Å². The van der Waals surface area contributed by atoms with Crippen molar-refractivity contribution in [1.82, 2.24) is 10.9 Å². The highest BCUT2D eigenvalue weighted by molar-refractivity contribution is 6.33. The monoisotopic (exact) mass is 378 g/mol. The van der Waals surface area contributed by atoms with E-state index < -0.39 is 33.0 Å². The predicted octanol–water partition coefficient (Wildman–Crippen LogP) is 2.54. The summed E-state index contributed by atoms with van der Waals surface area (Å²) in [5.41, 5.74) is 2.65. The number of rotatable bonds is 4. The minimum Gasteiger partial charge on any atom is -0.267 e. The molecular weight excluding hydrogens is 368 g/mol. The third-order valence-electron chi connectivity index (χ3n) is 3.43. The summed E-state index contributed by atoms with van der Waals surface area (Å²) < 4.78 is 0. The third kappa shape index (κ3) is 3.92. The van der Waals surface area contributed by atoms with Gasteiger partial charge in [0.1, 0.15) is 0 Å². The fourth-order valence-corrected chi connectivity index (χ4v) is 2.33. The van der Waals surface area contributed by atoms with Crippen LogP contribution < -0.4 is 10.9 Å². The molecule has 0 bridgehead atoms. The van der Waals surface area contributed by atoms with Gasteiger partial charge in [0.05, 0.1) is 32.1 Å². The SMILES string of the molecule is Cc1c(C(=O)NNC(=O)c2ccccc2Cl)cc([N+](=O)[O-])cc1[N+](=O)[O-]. The van der Waals surface area contributed by atoms with Crippen LogP contribution >= 0.6 is 11.6 Å². The lowest BCUT2D eigenvalue weighted by atomic mass is 10.1. The quantitative estimate of drug-likeness (QED) is 0.617. The number of non-ortho nitro benzene ring substituents is 1. The van der Waals surface area contributed by atoms with E-state index in [1.807, 2.05) is 0 Å². The number of hydrogen-bond acceptors (Lipinski definition) is 6. The Morgan fingerprint density at radius 2 is 1.54 bits per heavy atom. The van der Waals surface area contributed by atoms with Crippen LogP contribution in [0.3, 0.4) is 0 Å². The van der Waals surface area contributed by atoms with Crippen LogP contribution in [0.4, 0.5) is 11.4 Å². The molecule has 0 heterocycles. The van der Waals surface area contributed by atoms with Crippen LogP contribution in [0.1, 0.15) is 26.3 Å². The molecule has 0 aliphatic rings. The number of nitro groups is 2. The van der Waals surface area contributed by atoms with Crippen LogP contribution in [-0.2, 0) is 0 Å². The Kier molecular flexibility index (Phi) is 5.48. The fraction of sp³-hybridized carbons (Fsp3) is 0.0667. The summed E-state index contributed by atoms with van der Waals surface area (Å²) in [6.45, 7) is 1.27. The first kappa shape index (κ1) is 18.8. The van der Waals surface area contributed by atoms with Gasteiger partial charge in [0.25, 0.3) is 23.2 Å². The lowest BCUT2D eigenvalue weighted by Gasteiger charge is -2.10. The Bertz CT molecular complexity index is 930. The summed E-state index contributed by atoms with van der Waals surface area (Å²) in [7, 11) is 0. The van der Waals surface area contributed by atoms with E-state index in [1.54, 1.807) is 12.1 Å². The standard InChI is InChI=1S/C15H11ClN4O6/c1-8-11(6-9(19(23)24)7-13(8)20(25)26)15(22)18-17-14(21)10-4-2-3-5-12(10)16/h2-7H,1H3,(H,17,21)(H,18,22). The maximum atomic E-state index is 12.2. The van der Waals surface area contributed by atoms with Gasteiger partial charge in [-0.2, -0.15) is 0 Å². The van der Waals surface area contributed by atoms with Crippen molar-refractivity contribution >= 4 is 34.8 Å². The van der Waals surface area contributed by atoms with Crippen LogP contribution in [0.5, 0.6) is 0 Å². The maximum absolute atomic E-state index is 12.2. The summed E-state index contributed by atoms with van der Waals surface area (Å²) in [6, 6.07) is 7.73. The molecule has 2 aromatic carbocycles. The Balaban J connectivity index is 2.27. The first-order valence-electron chi connectivity index (χ1n) is 7.01. The van der Waals surface area contributed by atoms with Crippen molar-refractivity contribution in [1.29, 1.82) is 0 Å². The average molecular weight is 379 g/mol. The fourth-order valence-electron chi connectivity index (χ4n) is 2.11. The zero-order valence-corrected chi connectivity index (χ0v) is 13.9. The van der Waals surface area contributed by atoms with E-state index in [1.165, 1.54) is 19.1 Å². The van der Waals surface area contributed by atoms with Crippen molar-refractivity contribution < 1.29 is 19.4 Å². The Morgan fingerprint density at radius 3 is 2.08 bits per heavy atom. The maximum Gasteiger partial charge on any atom is 0.279 e. The second kappa shape index (κ2) is 7.57. The summed E-state index contributed by atoms with van der Waals surface area (Å²) in [5.74, 6) is -1.67. The molecule has 11 heteroatoms. The van der Waals surface area contributed by atoms with E-state index in [-0.39, 0.29) is 21.7 Å². The highest BCUT2D eigenvalue weighted by Crippen LogP contribution is 2.27. The highest BCUT2D eigenvalue weighted by atomic mass is 35.5. The van der Waals surface area contributed by atoms with Crippen molar-refractivity contribution in [2.45, 2.75) is 6.92 Å². The largest absolute Gasteiger partial charge is 0.279 e. The molecular formula is C15H11ClN4O6. The van der Waals surface area contributed by atoms with E-state index in [0.29, 0.717) is 0 Å². The van der Waals surface area contributed by atoms with Gasteiger partial charge in [-0.3, -0.25) is 40.7 Å². The number of benzene rings is 2.